The van der Waals surface area contributed by atoms with Gasteiger partial charge in [-0.25, -0.2) is 0 Å². The fraction of sp³-hybridized carbons (Fsp3) is 0.889. The summed E-state index contributed by atoms with van der Waals surface area (Å²) in [5.41, 5.74) is -0.149. The highest BCUT2D eigenvalue weighted by molar-refractivity contribution is 5.81. The van der Waals surface area contributed by atoms with Crippen LogP contribution >= 0.6 is 0 Å². The van der Waals surface area contributed by atoms with Crippen LogP contribution in [0.15, 0.2) is 0 Å². The summed E-state index contributed by atoms with van der Waals surface area (Å²) in [5.74, 6) is 0.246. The number of carbonyl (C=O) groups is 1. The van der Waals surface area contributed by atoms with E-state index in [0.717, 1.165) is 6.54 Å². The summed E-state index contributed by atoms with van der Waals surface area (Å²) in [4.78, 5) is 11.0. The number of ketones is 1. The molecule has 0 aliphatic carbocycles. The predicted molar refractivity (Wildman–Crippen MR) is 47.1 cm³/mol. The van der Waals surface area contributed by atoms with Crippen molar-refractivity contribution in [2.45, 2.75) is 38.9 Å². The molecule has 1 N–H and O–H groups in total. The normalized spacial score (nSPS) is 25.9. The Bertz CT molecular complexity index is 172. The number of rotatable bonds is 1. The van der Waals surface area contributed by atoms with Gasteiger partial charge in [0.15, 0.2) is 0 Å². The van der Waals surface area contributed by atoms with Gasteiger partial charge in [-0.1, -0.05) is 0 Å². The van der Waals surface area contributed by atoms with Gasteiger partial charge in [-0.05, 0) is 20.8 Å². The van der Waals surface area contributed by atoms with E-state index in [9.17, 15) is 4.79 Å². The topological polar surface area (TPSA) is 38.3 Å². The molecule has 1 fully saturated rings. The van der Waals surface area contributed by atoms with Gasteiger partial charge in [0.1, 0.15) is 5.78 Å². The van der Waals surface area contributed by atoms with Gasteiger partial charge in [0.25, 0.3) is 0 Å². The van der Waals surface area contributed by atoms with E-state index in [0.29, 0.717) is 13.0 Å². The van der Waals surface area contributed by atoms with Crippen LogP contribution in [-0.4, -0.2) is 30.6 Å². The third-order valence-electron chi connectivity index (χ3n) is 1.67. The fourth-order valence-corrected chi connectivity index (χ4v) is 1.35. The third-order valence-corrected chi connectivity index (χ3v) is 1.67. The van der Waals surface area contributed by atoms with Crippen molar-refractivity contribution < 1.29 is 9.53 Å². The van der Waals surface area contributed by atoms with Crippen LogP contribution < -0.4 is 5.32 Å². The Labute approximate surface area is 73.5 Å². The Kier molecular flexibility index (Phi) is 2.85. The molecule has 1 saturated heterocycles. The SMILES string of the molecule is CC(C)(C)O[C@@H]1CNCC(=O)C1. The highest BCUT2D eigenvalue weighted by atomic mass is 16.5. The molecule has 0 aromatic rings. The summed E-state index contributed by atoms with van der Waals surface area (Å²) in [6.45, 7) is 7.32. The van der Waals surface area contributed by atoms with Crippen molar-refractivity contribution in [1.82, 2.24) is 5.32 Å². The van der Waals surface area contributed by atoms with Gasteiger partial charge in [0, 0.05) is 13.0 Å². The second-order valence-electron chi connectivity index (χ2n) is 4.23. The standard InChI is InChI=1S/C9H17NO2/c1-9(2,3)12-8-4-7(11)5-10-6-8/h8,10H,4-6H2,1-3H3/t8-/m0/s1. The van der Waals surface area contributed by atoms with E-state index >= 15 is 0 Å². The van der Waals surface area contributed by atoms with Crippen LogP contribution in [0, 0.1) is 0 Å². The van der Waals surface area contributed by atoms with Gasteiger partial charge < -0.3 is 10.1 Å². The van der Waals surface area contributed by atoms with Crippen LogP contribution in [0.3, 0.4) is 0 Å². The first-order valence-corrected chi connectivity index (χ1v) is 4.37. The fourth-order valence-electron chi connectivity index (χ4n) is 1.35. The van der Waals surface area contributed by atoms with E-state index in [-0.39, 0.29) is 17.5 Å². The molecule has 3 heteroatoms. The number of hydrogen-bond donors (Lipinski definition) is 1. The van der Waals surface area contributed by atoms with E-state index in [2.05, 4.69) is 5.32 Å². The van der Waals surface area contributed by atoms with E-state index in [1.807, 2.05) is 20.8 Å². The maximum atomic E-state index is 11.0. The molecular formula is C9H17NO2. The van der Waals surface area contributed by atoms with Crippen LogP contribution in [0.25, 0.3) is 0 Å². The lowest BCUT2D eigenvalue weighted by atomic mass is 10.1. The number of carbonyl (C=O) groups excluding carboxylic acids is 1. The van der Waals surface area contributed by atoms with Crippen molar-refractivity contribution in [3.8, 4) is 0 Å². The zero-order valence-corrected chi connectivity index (χ0v) is 8.02. The van der Waals surface area contributed by atoms with Gasteiger partial charge in [-0.15, -0.1) is 0 Å². The second kappa shape index (κ2) is 3.54. The number of piperidine rings is 1. The maximum absolute atomic E-state index is 11.0. The molecule has 1 heterocycles. The molecule has 0 bridgehead atoms. The van der Waals surface area contributed by atoms with Crippen molar-refractivity contribution in [2.24, 2.45) is 0 Å². The molecule has 0 spiro atoms. The summed E-state index contributed by atoms with van der Waals surface area (Å²) in [6, 6.07) is 0. The van der Waals surface area contributed by atoms with E-state index in [1.54, 1.807) is 0 Å². The molecule has 1 atom stereocenters. The van der Waals surface area contributed by atoms with Gasteiger partial charge in [0.05, 0.1) is 18.2 Å². The zero-order chi connectivity index (χ0) is 9.19. The molecule has 0 amide bonds. The summed E-state index contributed by atoms with van der Waals surface area (Å²) in [6.07, 6.45) is 0.621. The minimum atomic E-state index is -0.149. The maximum Gasteiger partial charge on any atom is 0.149 e. The Morgan fingerprint density at radius 1 is 1.50 bits per heavy atom. The van der Waals surface area contributed by atoms with Crippen molar-refractivity contribution in [2.75, 3.05) is 13.1 Å². The summed E-state index contributed by atoms with van der Waals surface area (Å²) in [5, 5.41) is 3.03. The molecule has 0 radical (unpaired) electrons. The largest absolute Gasteiger partial charge is 0.371 e. The Morgan fingerprint density at radius 3 is 2.67 bits per heavy atom. The quantitative estimate of drug-likeness (QED) is 0.632. The molecule has 1 aliphatic rings. The Morgan fingerprint density at radius 2 is 2.17 bits per heavy atom. The minimum Gasteiger partial charge on any atom is -0.371 e. The smallest absolute Gasteiger partial charge is 0.149 e. The van der Waals surface area contributed by atoms with Gasteiger partial charge in [-0.2, -0.15) is 0 Å². The van der Waals surface area contributed by atoms with Gasteiger partial charge >= 0.3 is 0 Å². The number of Topliss-reactive ketones (excluding diaryl/α,β-unsaturated/α-hetero) is 1. The molecule has 1 aliphatic heterocycles. The summed E-state index contributed by atoms with van der Waals surface area (Å²) >= 11 is 0. The Balaban J connectivity index is 2.37. The van der Waals surface area contributed by atoms with Crippen LogP contribution in [0.1, 0.15) is 27.2 Å². The van der Waals surface area contributed by atoms with Crippen molar-refractivity contribution in [3.63, 3.8) is 0 Å². The van der Waals surface area contributed by atoms with Crippen molar-refractivity contribution in [3.05, 3.63) is 0 Å². The van der Waals surface area contributed by atoms with Crippen LogP contribution in [0.2, 0.25) is 0 Å². The lowest BCUT2D eigenvalue weighted by molar-refractivity contribution is -0.128. The number of nitrogens with one attached hydrogen (secondary N) is 1. The van der Waals surface area contributed by atoms with Crippen LogP contribution in [0.5, 0.6) is 0 Å². The monoisotopic (exact) mass is 171 g/mol. The molecular weight excluding hydrogens is 154 g/mol. The first-order chi connectivity index (χ1) is 5.47. The molecule has 3 nitrogen and oxygen atoms in total. The molecule has 0 aromatic carbocycles. The zero-order valence-electron chi connectivity index (χ0n) is 8.02. The first-order valence-electron chi connectivity index (χ1n) is 4.37. The lowest BCUT2D eigenvalue weighted by Gasteiger charge is -2.29. The van der Waals surface area contributed by atoms with Crippen molar-refractivity contribution in [1.29, 1.82) is 0 Å². The van der Waals surface area contributed by atoms with Crippen LogP contribution in [0.4, 0.5) is 0 Å². The average Bonchev–Trinajstić information content (AvgIpc) is 1.82. The second-order valence-corrected chi connectivity index (χ2v) is 4.23. The molecule has 12 heavy (non-hydrogen) atoms. The van der Waals surface area contributed by atoms with Gasteiger partial charge in [-0.3, -0.25) is 4.79 Å². The highest BCUT2D eigenvalue weighted by Gasteiger charge is 2.24. The molecule has 0 aromatic heterocycles. The number of ether oxygens (including phenoxy) is 1. The third kappa shape index (κ3) is 3.32. The average molecular weight is 171 g/mol. The van der Waals surface area contributed by atoms with E-state index in [1.165, 1.54) is 0 Å². The first kappa shape index (κ1) is 9.68. The highest BCUT2D eigenvalue weighted by Crippen LogP contribution is 2.14. The summed E-state index contributed by atoms with van der Waals surface area (Å²) in [7, 11) is 0. The van der Waals surface area contributed by atoms with Crippen molar-refractivity contribution >= 4 is 5.78 Å². The lowest BCUT2D eigenvalue weighted by Crippen LogP contribution is -2.44. The van der Waals surface area contributed by atoms with Gasteiger partial charge in [0.2, 0.25) is 0 Å². The molecule has 70 valence electrons. The summed E-state index contributed by atoms with van der Waals surface area (Å²) < 4.78 is 5.67. The van der Waals surface area contributed by atoms with E-state index in [4.69, 9.17) is 4.74 Å². The molecule has 1 rings (SSSR count). The minimum absolute atomic E-state index is 0.0613. The molecule has 0 saturated carbocycles. The van der Waals surface area contributed by atoms with E-state index < -0.39 is 0 Å². The van der Waals surface area contributed by atoms with Crippen LogP contribution in [-0.2, 0) is 9.53 Å². The number of hydrogen-bond acceptors (Lipinski definition) is 3. The Hall–Kier alpha value is -0.410. The predicted octanol–water partition coefficient (Wildman–Crippen LogP) is 0.732. The molecule has 0 unspecified atom stereocenters.